The molecule has 0 spiro atoms. The maximum absolute atomic E-state index is 11.6. The molecule has 92 valence electrons. The number of nitrogens with zero attached hydrogens (tertiary/aromatic N) is 3. The first kappa shape index (κ1) is 11.7. The van der Waals surface area contributed by atoms with E-state index in [4.69, 9.17) is 0 Å². The van der Waals surface area contributed by atoms with Crippen LogP contribution in [0.25, 0.3) is 5.69 Å². The van der Waals surface area contributed by atoms with Crippen LogP contribution in [0.3, 0.4) is 0 Å². The van der Waals surface area contributed by atoms with Crippen LogP contribution in [0.15, 0.2) is 40.9 Å². The van der Waals surface area contributed by atoms with Crippen molar-refractivity contribution >= 4 is 42.3 Å². The van der Waals surface area contributed by atoms with E-state index in [0.29, 0.717) is 15.1 Å². The monoisotopic (exact) mass is 374 g/mol. The predicted octanol–water partition coefficient (Wildman–Crippen LogP) is 1.72. The molecule has 0 fully saturated rings. The van der Waals surface area contributed by atoms with Crippen molar-refractivity contribution in [3.63, 3.8) is 0 Å². The molecule has 3 rings (SSSR count). The standard InChI is InChI=1S/C10H7IN4O2S/c11-9-8-6-12-15(7-4-2-1-3-5-7)10(8)14-18(16,17)13-9/h1-6,14H. The molecule has 0 amide bonds. The van der Waals surface area contributed by atoms with E-state index >= 15 is 0 Å². The Morgan fingerprint density at radius 2 is 1.94 bits per heavy atom. The predicted molar refractivity (Wildman–Crippen MR) is 76.7 cm³/mol. The van der Waals surface area contributed by atoms with Gasteiger partial charge in [0.2, 0.25) is 0 Å². The van der Waals surface area contributed by atoms with E-state index in [0.717, 1.165) is 5.69 Å². The molecule has 0 aliphatic carbocycles. The van der Waals surface area contributed by atoms with E-state index in [-0.39, 0.29) is 0 Å². The van der Waals surface area contributed by atoms with Crippen LogP contribution in [0.4, 0.5) is 5.82 Å². The summed E-state index contributed by atoms with van der Waals surface area (Å²) in [4.78, 5) is 0. The zero-order valence-corrected chi connectivity index (χ0v) is 11.9. The van der Waals surface area contributed by atoms with Gasteiger partial charge in [0.1, 0.15) is 3.72 Å². The quantitative estimate of drug-likeness (QED) is 0.773. The molecule has 0 atom stereocenters. The Morgan fingerprint density at radius 3 is 2.67 bits per heavy atom. The van der Waals surface area contributed by atoms with E-state index in [1.54, 1.807) is 10.9 Å². The van der Waals surface area contributed by atoms with Gasteiger partial charge < -0.3 is 0 Å². The van der Waals surface area contributed by atoms with Crippen molar-refractivity contribution in [2.24, 2.45) is 4.40 Å². The molecule has 0 bridgehead atoms. The fourth-order valence-electron chi connectivity index (χ4n) is 1.66. The molecule has 1 aromatic carbocycles. The molecule has 8 heteroatoms. The number of halogens is 1. The largest absolute Gasteiger partial charge is 0.344 e. The summed E-state index contributed by atoms with van der Waals surface area (Å²) < 4.78 is 31.0. The summed E-state index contributed by atoms with van der Waals surface area (Å²) in [6.07, 6.45) is 1.59. The highest BCUT2D eigenvalue weighted by atomic mass is 127. The molecule has 0 saturated heterocycles. The molecule has 2 aromatic rings. The second kappa shape index (κ2) is 4.05. The summed E-state index contributed by atoms with van der Waals surface area (Å²) in [6.45, 7) is 0. The molecule has 18 heavy (non-hydrogen) atoms. The van der Waals surface area contributed by atoms with E-state index in [1.807, 2.05) is 52.9 Å². The van der Waals surface area contributed by atoms with Crippen molar-refractivity contribution in [1.29, 1.82) is 0 Å². The van der Waals surface area contributed by atoms with Gasteiger partial charge >= 0.3 is 10.2 Å². The Hall–Kier alpha value is -1.42. The molecule has 0 saturated carbocycles. The molecule has 2 heterocycles. The average Bonchev–Trinajstić information content (AvgIpc) is 2.72. The molecule has 6 nitrogen and oxygen atoms in total. The van der Waals surface area contributed by atoms with Crippen LogP contribution in [-0.4, -0.2) is 21.9 Å². The van der Waals surface area contributed by atoms with E-state index in [2.05, 4.69) is 14.2 Å². The molecule has 1 aromatic heterocycles. The topological polar surface area (TPSA) is 76.3 Å². The fourth-order valence-corrected chi connectivity index (χ4v) is 3.63. The third kappa shape index (κ3) is 1.90. The van der Waals surface area contributed by atoms with Crippen LogP contribution < -0.4 is 4.72 Å². The SMILES string of the molecule is O=S1(=O)N=C(I)c2cnn(-c3ccccc3)c2N1. The van der Waals surface area contributed by atoms with E-state index in [1.165, 1.54) is 0 Å². The first-order valence-corrected chi connectivity index (χ1v) is 7.51. The number of hydrogen-bond donors (Lipinski definition) is 1. The second-order valence-corrected chi connectivity index (χ2v) is 5.97. The fraction of sp³-hybridized carbons (Fsp3) is 0. The molecule has 1 N–H and O–H groups in total. The van der Waals surface area contributed by atoms with Gasteiger partial charge in [0.25, 0.3) is 0 Å². The van der Waals surface area contributed by atoms with E-state index < -0.39 is 10.2 Å². The Morgan fingerprint density at radius 1 is 1.22 bits per heavy atom. The third-order valence-corrected chi connectivity index (χ3v) is 4.44. The smallest absolute Gasteiger partial charge is 0.248 e. The van der Waals surface area contributed by atoms with Crippen LogP contribution in [0, 0.1) is 0 Å². The number of para-hydroxylation sites is 1. The average molecular weight is 374 g/mol. The van der Waals surface area contributed by atoms with Gasteiger partial charge in [-0.05, 0) is 34.7 Å². The van der Waals surface area contributed by atoms with Crippen molar-refractivity contribution in [3.8, 4) is 5.69 Å². The lowest BCUT2D eigenvalue weighted by atomic mass is 10.3. The number of nitrogens with one attached hydrogen (secondary N) is 1. The minimum Gasteiger partial charge on any atom is -0.248 e. The van der Waals surface area contributed by atoms with Gasteiger partial charge in [0.05, 0.1) is 17.4 Å². The lowest BCUT2D eigenvalue weighted by molar-refractivity contribution is 0.602. The Balaban J connectivity index is 2.21. The van der Waals surface area contributed by atoms with Crippen LogP contribution in [0.2, 0.25) is 0 Å². The number of aromatic nitrogens is 2. The number of hydrogen-bond acceptors (Lipinski definition) is 3. The zero-order valence-electron chi connectivity index (χ0n) is 8.91. The third-order valence-electron chi connectivity index (χ3n) is 2.42. The van der Waals surface area contributed by atoms with Gasteiger partial charge in [0.15, 0.2) is 5.82 Å². The normalized spacial score (nSPS) is 16.6. The lowest BCUT2D eigenvalue weighted by Gasteiger charge is -2.13. The molecule has 0 unspecified atom stereocenters. The van der Waals surface area contributed by atoms with Gasteiger partial charge in [-0.1, -0.05) is 18.2 Å². The number of anilines is 1. The van der Waals surface area contributed by atoms with Gasteiger partial charge in [-0.3, -0.25) is 0 Å². The van der Waals surface area contributed by atoms with Crippen molar-refractivity contribution in [3.05, 3.63) is 42.1 Å². The van der Waals surface area contributed by atoms with Crippen molar-refractivity contribution < 1.29 is 8.42 Å². The van der Waals surface area contributed by atoms with Crippen LogP contribution in [0.1, 0.15) is 5.56 Å². The molecular formula is C10H7IN4O2S. The van der Waals surface area contributed by atoms with Crippen LogP contribution in [-0.2, 0) is 10.2 Å². The van der Waals surface area contributed by atoms with Gasteiger partial charge in [-0.2, -0.15) is 13.5 Å². The number of fused-ring (bicyclic) bond motifs is 1. The second-order valence-electron chi connectivity index (χ2n) is 3.61. The molecule has 0 radical (unpaired) electrons. The van der Waals surface area contributed by atoms with Crippen LogP contribution in [0.5, 0.6) is 0 Å². The van der Waals surface area contributed by atoms with Gasteiger partial charge in [0, 0.05) is 0 Å². The highest BCUT2D eigenvalue weighted by molar-refractivity contribution is 14.1. The maximum atomic E-state index is 11.6. The summed E-state index contributed by atoms with van der Waals surface area (Å²) in [6, 6.07) is 9.30. The first-order valence-electron chi connectivity index (χ1n) is 4.99. The van der Waals surface area contributed by atoms with Crippen LogP contribution >= 0.6 is 22.6 Å². The van der Waals surface area contributed by atoms with Gasteiger partial charge in [-0.25, -0.2) is 9.40 Å². The highest BCUT2D eigenvalue weighted by Gasteiger charge is 2.25. The minimum atomic E-state index is -3.68. The highest BCUT2D eigenvalue weighted by Crippen LogP contribution is 2.28. The van der Waals surface area contributed by atoms with Gasteiger partial charge in [-0.15, -0.1) is 4.40 Å². The van der Waals surface area contributed by atoms with E-state index in [9.17, 15) is 8.42 Å². The molecular weight excluding hydrogens is 367 g/mol. The number of benzene rings is 1. The Bertz CT molecular complexity index is 736. The zero-order chi connectivity index (χ0) is 12.8. The molecule has 1 aliphatic rings. The Kier molecular flexibility index (Phi) is 2.63. The Labute approximate surface area is 117 Å². The summed E-state index contributed by atoms with van der Waals surface area (Å²) in [5.41, 5.74) is 1.46. The number of rotatable bonds is 1. The summed E-state index contributed by atoms with van der Waals surface area (Å²) in [5, 5.41) is 4.19. The van der Waals surface area contributed by atoms with Crippen molar-refractivity contribution in [2.45, 2.75) is 0 Å². The molecule has 1 aliphatic heterocycles. The lowest BCUT2D eigenvalue weighted by Crippen LogP contribution is -2.19. The maximum Gasteiger partial charge on any atom is 0.344 e. The van der Waals surface area contributed by atoms with Crippen molar-refractivity contribution in [1.82, 2.24) is 9.78 Å². The minimum absolute atomic E-state index is 0.406. The summed E-state index contributed by atoms with van der Waals surface area (Å²) in [7, 11) is -3.68. The summed E-state index contributed by atoms with van der Waals surface area (Å²) >= 11 is 1.88. The summed E-state index contributed by atoms with van der Waals surface area (Å²) in [5.74, 6) is 0.417. The first-order chi connectivity index (χ1) is 8.57. The van der Waals surface area contributed by atoms with Crippen molar-refractivity contribution in [2.75, 3.05) is 4.72 Å².